The molecule has 21 heavy (non-hydrogen) atoms. The Labute approximate surface area is 125 Å². The number of aliphatic hydroxyl groups is 1. The molecular weight excluding hydrogens is 268 g/mol. The van der Waals surface area contributed by atoms with Crippen LogP contribution in [0.25, 0.3) is 0 Å². The van der Waals surface area contributed by atoms with Crippen LogP contribution in [0.5, 0.6) is 5.75 Å². The molecule has 1 saturated carbocycles. The van der Waals surface area contributed by atoms with Crippen LogP contribution in [0.15, 0.2) is 30.3 Å². The standard InChI is InChI=1S/C16H24N2O3/c17-16(20)12-6-8-13(9-7-12)18-10-14(19)11-21-15-4-2-1-3-5-15/h1-5,12-14,18-19H,6-11H2,(H2,17,20). The first-order chi connectivity index (χ1) is 10.1. The second kappa shape index (κ2) is 8.00. The number of nitrogens with two attached hydrogens (primary N) is 1. The van der Waals surface area contributed by atoms with Gasteiger partial charge in [0.1, 0.15) is 18.5 Å². The minimum atomic E-state index is -0.543. The molecule has 0 bridgehead atoms. The molecule has 1 atom stereocenters. The van der Waals surface area contributed by atoms with Crippen LogP contribution in [-0.2, 0) is 4.79 Å². The lowest BCUT2D eigenvalue weighted by Crippen LogP contribution is -2.41. The molecule has 1 aliphatic carbocycles. The summed E-state index contributed by atoms with van der Waals surface area (Å²) in [5.41, 5.74) is 5.31. The highest BCUT2D eigenvalue weighted by Crippen LogP contribution is 2.23. The van der Waals surface area contributed by atoms with E-state index in [-0.39, 0.29) is 18.4 Å². The molecule has 0 aromatic heterocycles. The van der Waals surface area contributed by atoms with Crippen molar-refractivity contribution in [3.8, 4) is 5.75 Å². The first kappa shape index (κ1) is 15.8. The lowest BCUT2D eigenvalue weighted by molar-refractivity contribution is -0.122. The van der Waals surface area contributed by atoms with Gasteiger partial charge < -0.3 is 20.9 Å². The van der Waals surface area contributed by atoms with Gasteiger partial charge in [-0.3, -0.25) is 4.79 Å². The molecule has 5 heteroatoms. The molecule has 0 spiro atoms. The maximum absolute atomic E-state index is 11.1. The molecule has 1 aromatic rings. The number of aliphatic hydroxyl groups excluding tert-OH is 1. The Morgan fingerprint density at radius 3 is 2.57 bits per heavy atom. The molecule has 4 N–H and O–H groups in total. The van der Waals surface area contributed by atoms with Crippen molar-refractivity contribution in [3.63, 3.8) is 0 Å². The Balaban J connectivity index is 1.61. The maximum Gasteiger partial charge on any atom is 0.220 e. The van der Waals surface area contributed by atoms with E-state index in [1.165, 1.54) is 0 Å². The second-order valence-electron chi connectivity index (χ2n) is 5.64. The quantitative estimate of drug-likeness (QED) is 0.701. The zero-order chi connectivity index (χ0) is 15.1. The van der Waals surface area contributed by atoms with E-state index in [9.17, 15) is 9.90 Å². The molecule has 116 valence electrons. The second-order valence-corrected chi connectivity index (χ2v) is 5.64. The minimum absolute atomic E-state index is 0.0226. The summed E-state index contributed by atoms with van der Waals surface area (Å²) < 4.78 is 5.50. The SMILES string of the molecule is NC(=O)C1CCC(NCC(O)COc2ccccc2)CC1. The van der Waals surface area contributed by atoms with Gasteiger partial charge in [-0.05, 0) is 37.8 Å². The zero-order valence-corrected chi connectivity index (χ0v) is 12.2. The molecule has 0 aliphatic heterocycles. The van der Waals surface area contributed by atoms with E-state index in [0.29, 0.717) is 12.6 Å². The van der Waals surface area contributed by atoms with Gasteiger partial charge in [0.2, 0.25) is 5.91 Å². The summed E-state index contributed by atoms with van der Waals surface area (Å²) in [6.45, 7) is 0.770. The fourth-order valence-electron chi connectivity index (χ4n) is 2.65. The van der Waals surface area contributed by atoms with Gasteiger partial charge in [0.25, 0.3) is 0 Å². The first-order valence-electron chi connectivity index (χ1n) is 7.53. The molecule has 0 radical (unpaired) electrons. The molecule has 1 aliphatic rings. The monoisotopic (exact) mass is 292 g/mol. The molecule has 0 saturated heterocycles. The van der Waals surface area contributed by atoms with E-state index in [1.54, 1.807) is 0 Å². The lowest BCUT2D eigenvalue weighted by atomic mass is 9.85. The predicted octanol–water partition coefficient (Wildman–Crippen LogP) is 1.06. The smallest absolute Gasteiger partial charge is 0.220 e. The van der Waals surface area contributed by atoms with Gasteiger partial charge in [0.05, 0.1) is 0 Å². The number of nitrogens with one attached hydrogen (secondary N) is 1. The predicted molar refractivity (Wildman–Crippen MR) is 80.9 cm³/mol. The molecule has 1 amide bonds. The first-order valence-corrected chi connectivity index (χ1v) is 7.53. The number of ether oxygens (including phenoxy) is 1. The summed E-state index contributed by atoms with van der Waals surface area (Å²) in [5, 5.41) is 13.3. The minimum Gasteiger partial charge on any atom is -0.491 e. The number of hydrogen-bond donors (Lipinski definition) is 3. The van der Waals surface area contributed by atoms with Crippen LogP contribution >= 0.6 is 0 Å². The van der Waals surface area contributed by atoms with E-state index in [4.69, 9.17) is 10.5 Å². The van der Waals surface area contributed by atoms with Crippen LogP contribution in [0.3, 0.4) is 0 Å². The molecule has 1 aromatic carbocycles. The van der Waals surface area contributed by atoms with Gasteiger partial charge in [0, 0.05) is 18.5 Å². The largest absolute Gasteiger partial charge is 0.491 e. The molecule has 0 heterocycles. The average molecular weight is 292 g/mol. The molecular formula is C16H24N2O3. The van der Waals surface area contributed by atoms with Gasteiger partial charge >= 0.3 is 0 Å². The topological polar surface area (TPSA) is 84.6 Å². The number of rotatable bonds is 7. The van der Waals surface area contributed by atoms with Gasteiger partial charge in [-0.25, -0.2) is 0 Å². The Morgan fingerprint density at radius 2 is 1.95 bits per heavy atom. The van der Waals surface area contributed by atoms with Crippen LogP contribution < -0.4 is 15.8 Å². The van der Waals surface area contributed by atoms with Crippen LogP contribution in [0, 0.1) is 5.92 Å². The number of amides is 1. The number of benzene rings is 1. The van der Waals surface area contributed by atoms with Crippen molar-refractivity contribution in [1.29, 1.82) is 0 Å². The van der Waals surface area contributed by atoms with Crippen molar-refractivity contribution in [1.82, 2.24) is 5.32 Å². The summed E-state index contributed by atoms with van der Waals surface area (Å²) in [7, 11) is 0. The zero-order valence-electron chi connectivity index (χ0n) is 12.2. The summed E-state index contributed by atoms with van der Waals surface area (Å²) >= 11 is 0. The maximum atomic E-state index is 11.1. The summed E-state index contributed by atoms with van der Waals surface area (Å²) in [4.78, 5) is 11.1. The van der Waals surface area contributed by atoms with Crippen LogP contribution in [0.4, 0.5) is 0 Å². The summed E-state index contributed by atoms with van der Waals surface area (Å²) in [5.74, 6) is 0.595. The highest BCUT2D eigenvalue weighted by molar-refractivity contribution is 5.76. The highest BCUT2D eigenvalue weighted by Gasteiger charge is 2.24. The Bertz CT molecular complexity index is 430. The molecule has 5 nitrogen and oxygen atoms in total. The third-order valence-corrected chi connectivity index (χ3v) is 3.96. The van der Waals surface area contributed by atoms with Gasteiger partial charge in [-0.15, -0.1) is 0 Å². The van der Waals surface area contributed by atoms with Crippen LogP contribution in [0.2, 0.25) is 0 Å². The van der Waals surface area contributed by atoms with E-state index < -0.39 is 6.10 Å². The van der Waals surface area contributed by atoms with Crippen molar-refractivity contribution in [2.45, 2.75) is 37.8 Å². The molecule has 2 rings (SSSR count). The van der Waals surface area contributed by atoms with Crippen molar-refractivity contribution < 1.29 is 14.6 Å². The Morgan fingerprint density at radius 1 is 1.29 bits per heavy atom. The number of primary amides is 1. The van der Waals surface area contributed by atoms with Crippen molar-refractivity contribution >= 4 is 5.91 Å². The molecule has 1 fully saturated rings. The normalized spacial score (nSPS) is 23.5. The fourth-order valence-corrected chi connectivity index (χ4v) is 2.65. The number of carbonyl (C=O) groups excluding carboxylic acids is 1. The highest BCUT2D eigenvalue weighted by atomic mass is 16.5. The van der Waals surface area contributed by atoms with E-state index >= 15 is 0 Å². The van der Waals surface area contributed by atoms with E-state index in [0.717, 1.165) is 31.4 Å². The van der Waals surface area contributed by atoms with Crippen molar-refractivity contribution in [2.75, 3.05) is 13.2 Å². The lowest BCUT2D eigenvalue weighted by Gasteiger charge is -2.28. The van der Waals surface area contributed by atoms with E-state index in [1.807, 2.05) is 30.3 Å². The van der Waals surface area contributed by atoms with Crippen LogP contribution in [-0.4, -0.2) is 36.3 Å². The Kier molecular flexibility index (Phi) is 6.02. The van der Waals surface area contributed by atoms with Gasteiger partial charge in [-0.1, -0.05) is 18.2 Å². The number of carbonyl (C=O) groups is 1. The number of para-hydroxylation sites is 1. The third kappa shape index (κ3) is 5.36. The van der Waals surface area contributed by atoms with Gasteiger partial charge in [0.15, 0.2) is 0 Å². The summed E-state index contributed by atoms with van der Waals surface area (Å²) in [6, 6.07) is 9.81. The van der Waals surface area contributed by atoms with Crippen molar-refractivity contribution in [2.24, 2.45) is 11.7 Å². The average Bonchev–Trinajstić information content (AvgIpc) is 2.52. The van der Waals surface area contributed by atoms with Crippen LogP contribution in [0.1, 0.15) is 25.7 Å². The summed E-state index contributed by atoms with van der Waals surface area (Å²) in [6.07, 6.45) is 2.99. The Hall–Kier alpha value is -1.59. The number of hydrogen-bond acceptors (Lipinski definition) is 4. The fraction of sp³-hybridized carbons (Fsp3) is 0.562. The third-order valence-electron chi connectivity index (χ3n) is 3.96. The van der Waals surface area contributed by atoms with Gasteiger partial charge in [-0.2, -0.15) is 0 Å². The van der Waals surface area contributed by atoms with Crippen molar-refractivity contribution in [3.05, 3.63) is 30.3 Å². The molecule has 1 unspecified atom stereocenters. The van der Waals surface area contributed by atoms with E-state index in [2.05, 4.69) is 5.32 Å².